The number of carbonyl (C=O) groups excluding carboxylic acids is 1. The van der Waals surface area contributed by atoms with Crippen molar-refractivity contribution in [2.75, 3.05) is 13.1 Å². The first-order valence-corrected chi connectivity index (χ1v) is 13.4. The van der Waals surface area contributed by atoms with Gasteiger partial charge in [0.25, 0.3) is 6.23 Å². The Morgan fingerprint density at radius 2 is 1.35 bits per heavy atom. The van der Waals surface area contributed by atoms with Gasteiger partial charge in [0.1, 0.15) is 5.92 Å². The molecule has 5 heteroatoms. The average Bonchev–Trinajstić information content (AvgIpc) is 3.37. The minimum absolute atomic E-state index is 0.195. The van der Waals surface area contributed by atoms with Crippen molar-refractivity contribution in [3.05, 3.63) is 4.91 Å². The summed E-state index contributed by atoms with van der Waals surface area (Å²) in [5.74, 6) is 0.581. The topological polar surface area (TPSA) is 60.6 Å². The average molecular weight is 438 g/mol. The van der Waals surface area contributed by atoms with Crippen molar-refractivity contribution in [1.29, 1.82) is 0 Å². The molecule has 2 rings (SSSR count). The van der Waals surface area contributed by atoms with E-state index in [1.807, 2.05) is 0 Å². The van der Waals surface area contributed by atoms with E-state index in [1.54, 1.807) is 0 Å². The molecule has 5 nitrogen and oxygen atoms in total. The molecule has 180 valence electrons. The summed E-state index contributed by atoms with van der Waals surface area (Å²) in [6.45, 7) is 7.66. The van der Waals surface area contributed by atoms with Gasteiger partial charge >= 0.3 is 0 Å². The molecule has 0 aliphatic heterocycles. The van der Waals surface area contributed by atoms with E-state index in [-0.39, 0.29) is 23.8 Å². The molecule has 2 fully saturated rings. The molecular formula is C26H49N2O3+. The molecule has 0 aromatic rings. The molecule has 2 saturated carbocycles. The van der Waals surface area contributed by atoms with Gasteiger partial charge in [-0.05, 0) is 38.0 Å². The Kier molecular flexibility index (Phi) is 12.1. The molecule has 0 aromatic carbocycles. The van der Waals surface area contributed by atoms with Crippen molar-refractivity contribution in [2.45, 2.75) is 129 Å². The maximum atomic E-state index is 13.7. The van der Waals surface area contributed by atoms with Crippen molar-refractivity contribution in [3.63, 3.8) is 0 Å². The van der Waals surface area contributed by atoms with Gasteiger partial charge in [-0.15, -0.1) is 0 Å². The second kappa shape index (κ2) is 14.2. The van der Waals surface area contributed by atoms with E-state index in [0.29, 0.717) is 5.92 Å². The highest BCUT2D eigenvalue weighted by molar-refractivity contribution is 5.80. The number of rotatable bonds is 17. The van der Waals surface area contributed by atoms with Crippen LogP contribution < -0.4 is 0 Å². The molecule has 2 bridgehead atoms. The maximum Gasteiger partial charge on any atom is 0.300 e. The van der Waals surface area contributed by atoms with Crippen LogP contribution in [0.25, 0.3) is 0 Å². The second-order valence-corrected chi connectivity index (χ2v) is 10.2. The summed E-state index contributed by atoms with van der Waals surface area (Å²) in [5, 5.41) is 9.92. The SMILES string of the molecule is CCCCCCCCN(CCCCCCCC)C(=O)C1C2CCC(C2)C1[N+](=O)C(C)O. The van der Waals surface area contributed by atoms with E-state index in [0.717, 1.165) is 50.0 Å². The predicted molar refractivity (Wildman–Crippen MR) is 127 cm³/mol. The first kappa shape index (κ1) is 26.3. The van der Waals surface area contributed by atoms with Gasteiger partial charge in [-0.1, -0.05) is 78.1 Å². The van der Waals surface area contributed by atoms with Gasteiger partial charge in [-0.2, -0.15) is 0 Å². The zero-order chi connectivity index (χ0) is 22.6. The molecule has 0 saturated heterocycles. The lowest BCUT2D eigenvalue weighted by Gasteiger charge is -2.31. The Hall–Kier alpha value is -0.970. The molecule has 0 radical (unpaired) electrons. The summed E-state index contributed by atoms with van der Waals surface area (Å²) in [6, 6.07) is -0.331. The molecule has 1 amide bonds. The normalized spacial score (nSPS) is 25.7. The predicted octanol–water partition coefficient (Wildman–Crippen LogP) is 6.07. The number of amides is 1. The lowest BCUT2D eigenvalue weighted by Crippen LogP contribution is -2.49. The monoisotopic (exact) mass is 437 g/mol. The van der Waals surface area contributed by atoms with E-state index in [1.165, 1.54) is 71.1 Å². The highest BCUT2D eigenvalue weighted by atomic mass is 16.4. The number of aliphatic hydroxyl groups excluding tert-OH is 1. The van der Waals surface area contributed by atoms with Crippen LogP contribution in [0.4, 0.5) is 0 Å². The van der Waals surface area contributed by atoms with Crippen LogP contribution in [0.2, 0.25) is 0 Å². The minimum atomic E-state index is -1.04. The van der Waals surface area contributed by atoms with E-state index in [4.69, 9.17) is 0 Å². The van der Waals surface area contributed by atoms with Gasteiger partial charge < -0.3 is 10.0 Å². The highest BCUT2D eigenvalue weighted by Gasteiger charge is 2.59. The van der Waals surface area contributed by atoms with Crippen molar-refractivity contribution >= 4 is 5.91 Å². The number of hydrogen-bond acceptors (Lipinski definition) is 3. The zero-order valence-electron chi connectivity index (χ0n) is 20.6. The molecule has 0 aromatic heterocycles. The molecule has 5 unspecified atom stereocenters. The highest BCUT2D eigenvalue weighted by Crippen LogP contribution is 2.50. The molecule has 0 heterocycles. The quantitative estimate of drug-likeness (QED) is 0.171. The second-order valence-electron chi connectivity index (χ2n) is 10.2. The summed E-state index contributed by atoms with van der Waals surface area (Å²) in [4.78, 5) is 28.5. The van der Waals surface area contributed by atoms with Gasteiger partial charge in [0, 0.05) is 35.6 Å². The van der Waals surface area contributed by atoms with E-state index in [9.17, 15) is 14.8 Å². The molecule has 2 aliphatic carbocycles. The van der Waals surface area contributed by atoms with Crippen LogP contribution in [-0.2, 0) is 4.79 Å². The third-order valence-corrected chi connectivity index (χ3v) is 7.69. The van der Waals surface area contributed by atoms with Gasteiger partial charge in [-0.25, -0.2) is 0 Å². The van der Waals surface area contributed by atoms with Crippen LogP contribution in [0, 0.1) is 22.7 Å². The van der Waals surface area contributed by atoms with Crippen molar-refractivity contribution in [3.8, 4) is 0 Å². The van der Waals surface area contributed by atoms with Crippen molar-refractivity contribution < 1.29 is 14.7 Å². The fraction of sp³-hybridized carbons (Fsp3) is 0.962. The van der Waals surface area contributed by atoms with Crippen LogP contribution in [0.3, 0.4) is 0 Å². The molecule has 31 heavy (non-hydrogen) atoms. The third-order valence-electron chi connectivity index (χ3n) is 7.69. The zero-order valence-corrected chi connectivity index (χ0v) is 20.6. The van der Waals surface area contributed by atoms with Crippen molar-refractivity contribution in [1.82, 2.24) is 4.90 Å². The number of fused-ring (bicyclic) bond motifs is 2. The summed E-state index contributed by atoms with van der Waals surface area (Å²) in [5.41, 5.74) is 0. The summed E-state index contributed by atoms with van der Waals surface area (Å²) in [6.07, 6.45) is 16.7. The number of aliphatic hydroxyl groups is 1. The van der Waals surface area contributed by atoms with E-state index in [2.05, 4.69) is 18.7 Å². The minimum Gasteiger partial charge on any atom is -0.342 e. The molecule has 5 atom stereocenters. The Balaban J connectivity index is 1.95. The van der Waals surface area contributed by atoms with Gasteiger partial charge in [0.15, 0.2) is 0 Å². The van der Waals surface area contributed by atoms with E-state index >= 15 is 0 Å². The molecular weight excluding hydrogens is 388 g/mol. The maximum absolute atomic E-state index is 13.7. The van der Waals surface area contributed by atoms with Gasteiger partial charge in [0.05, 0.1) is 0 Å². The Labute approximate surface area is 190 Å². The molecule has 0 spiro atoms. The first-order chi connectivity index (χ1) is 15.0. The Morgan fingerprint density at radius 1 is 0.871 bits per heavy atom. The lowest BCUT2D eigenvalue weighted by molar-refractivity contribution is -0.663. The Morgan fingerprint density at radius 3 is 1.87 bits per heavy atom. The number of carbonyl (C=O) groups is 1. The number of hydrogen-bond donors (Lipinski definition) is 1. The van der Waals surface area contributed by atoms with Crippen LogP contribution in [0.5, 0.6) is 0 Å². The number of nitroso groups, excluding NO2 is 1. The van der Waals surface area contributed by atoms with Crippen LogP contribution in [-0.4, -0.2) is 46.0 Å². The number of nitrogens with zero attached hydrogens (tertiary/aromatic N) is 2. The van der Waals surface area contributed by atoms with Crippen LogP contribution in [0.15, 0.2) is 0 Å². The standard InChI is InChI=1S/C26H49N2O3/c1-4-6-8-10-12-14-18-27(19-15-13-11-9-7-5-2)26(30)24-22-16-17-23(20-22)25(24)28(31)21(3)29/h21-25,29H,4-20H2,1-3H3/q+1. The Bertz CT molecular complexity index is 521. The lowest BCUT2D eigenvalue weighted by atomic mass is 9.83. The summed E-state index contributed by atoms with van der Waals surface area (Å²) < 4.78 is 0.833. The van der Waals surface area contributed by atoms with Gasteiger partial charge in [-0.3, -0.25) is 4.79 Å². The van der Waals surface area contributed by atoms with Gasteiger partial charge in [0.2, 0.25) is 11.9 Å². The van der Waals surface area contributed by atoms with E-state index < -0.39 is 6.23 Å². The first-order valence-electron chi connectivity index (χ1n) is 13.4. The summed E-state index contributed by atoms with van der Waals surface area (Å²) >= 11 is 0. The number of unbranched alkanes of at least 4 members (excludes halogenated alkanes) is 10. The molecule has 1 N–H and O–H groups in total. The largest absolute Gasteiger partial charge is 0.342 e. The fourth-order valence-corrected chi connectivity index (χ4v) is 5.93. The van der Waals surface area contributed by atoms with Crippen LogP contribution >= 0.6 is 0 Å². The molecule has 2 aliphatic rings. The third kappa shape index (κ3) is 7.83. The van der Waals surface area contributed by atoms with Crippen molar-refractivity contribution in [2.24, 2.45) is 17.8 Å². The smallest absolute Gasteiger partial charge is 0.300 e. The fourth-order valence-electron chi connectivity index (χ4n) is 5.93. The summed E-state index contributed by atoms with van der Waals surface area (Å²) in [7, 11) is 0. The van der Waals surface area contributed by atoms with Crippen LogP contribution in [0.1, 0.15) is 117 Å².